The zero-order chi connectivity index (χ0) is 15.6. The quantitative estimate of drug-likeness (QED) is 0.617. The monoisotopic (exact) mass is 289 g/mol. The van der Waals surface area contributed by atoms with Crippen molar-refractivity contribution in [2.45, 2.75) is 26.9 Å². The molecule has 5 heteroatoms. The third-order valence-corrected chi connectivity index (χ3v) is 3.12. The Labute approximate surface area is 124 Å². The van der Waals surface area contributed by atoms with Gasteiger partial charge >= 0.3 is 0 Å². The number of fused-ring (bicyclic) bond motifs is 1. The smallest absolute Gasteiger partial charge is 0.268 e. The highest BCUT2D eigenvalue weighted by Crippen LogP contribution is 2.42. The fraction of sp³-hybridized carbons (Fsp3) is 0.375. The molecule has 1 atom stereocenters. The molecule has 5 nitrogen and oxygen atoms in total. The lowest BCUT2D eigenvalue weighted by Gasteiger charge is -2.34. The minimum atomic E-state index is -0.599. The summed E-state index contributed by atoms with van der Waals surface area (Å²) >= 11 is 0. The van der Waals surface area contributed by atoms with Crippen molar-refractivity contribution in [2.24, 2.45) is 0 Å². The molecule has 1 unspecified atom stereocenters. The van der Waals surface area contributed by atoms with Gasteiger partial charge in [-0.15, -0.1) is 0 Å². The fourth-order valence-electron chi connectivity index (χ4n) is 2.26. The topological polar surface area (TPSA) is 55.8 Å². The molecular formula is C16H19NO4. The summed E-state index contributed by atoms with van der Waals surface area (Å²) in [5, 5.41) is 0. The lowest BCUT2D eigenvalue weighted by Crippen LogP contribution is -2.45. The first-order valence-corrected chi connectivity index (χ1v) is 6.86. The summed E-state index contributed by atoms with van der Waals surface area (Å²) in [6.45, 7) is 10.1. The van der Waals surface area contributed by atoms with Crippen LogP contribution in [0.1, 0.15) is 31.1 Å². The number of amides is 1. The number of hydrogen-bond donors (Lipinski definition) is 0. The van der Waals surface area contributed by atoms with Crippen LogP contribution in [0.25, 0.3) is 0 Å². The van der Waals surface area contributed by atoms with Crippen LogP contribution in [-0.2, 0) is 4.79 Å². The van der Waals surface area contributed by atoms with Crippen LogP contribution in [0.4, 0.5) is 5.69 Å². The standard InChI is InChI=1S/C16H19NO4/c1-5-20-14-7-12(9-18)6-13-15(14)21-11(4)16(19)17(13)8-10(2)3/h6-7,9,11H,2,5,8H2,1,3-4H3. The summed E-state index contributed by atoms with van der Waals surface area (Å²) < 4.78 is 11.2. The number of rotatable bonds is 5. The highest BCUT2D eigenvalue weighted by atomic mass is 16.5. The van der Waals surface area contributed by atoms with Crippen LogP contribution in [0.5, 0.6) is 11.5 Å². The van der Waals surface area contributed by atoms with Crippen LogP contribution in [0.2, 0.25) is 0 Å². The normalized spacial score (nSPS) is 17.0. The van der Waals surface area contributed by atoms with Gasteiger partial charge in [0, 0.05) is 12.1 Å². The molecule has 0 bridgehead atoms. The molecule has 0 radical (unpaired) electrons. The predicted octanol–water partition coefficient (Wildman–Crippen LogP) is 2.59. The van der Waals surface area contributed by atoms with E-state index < -0.39 is 6.10 Å². The van der Waals surface area contributed by atoms with Gasteiger partial charge in [0.1, 0.15) is 6.29 Å². The van der Waals surface area contributed by atoms with Gasteiger partial charge in [-0.3, -0.25) is 9.59 Å². The van der Waals surface area contributed by atoms with E-state index in [2.05, 4.69) is 6.58 Å². The molecule has 1 aromatic carbocycles. The van der Waals surface area contributed by atoms with Gasteiger partial charge in [0.25, 0.3) is 5.91 Å². The summed E-state index contributed by atoms with van der Waals surface area (Å²) in [6, 6.07) is 3.26. The lowest BCUT2D eigenvalue weighted by atomic mass is 10.1. The highest BCUT2D eigenvalue weighted by molar-refractivity contribution is 6.01. The fourth-order valence-corrected chi connectivity index (χ4v) is 2.26. The number of carbonyl (C=O) groups is 2. The minimum absolute atomic E-state index is 0.156. The van der Waals surface area contributed by atoms with Crippen molar-refractivity contribution >= 4 is 17.9 Å². The lowest BCUT2D eigenvalue weighted by molar-refractivity contribution is -0.125. The van der Waals surface area contributed by atoms with E-state index in [0.29, 0.717) is 35.9 Å². The molecule has 1 aliphatic rings. The zero-order valence-electron chi connectivity index (χ0n) is 12.5. The molecule has 0 aromatic heterocycles. The van der Waals surface area contributed by atoms with E-state index >= 15 is 0 Å². The maximum atomic E-state index is 12.3. The van der Waals surface area contributed by atoms with E-state index in [0.717, 1.165) is 11.9 Å². The summed E-state index contributed by atoms with van der Waals surface area (Å²) in [6.07, 6.45) is 0.127. The third-order valence-electron chi connectivity index (χ3n) is 3.12. The summed E-state index contributed by atoms with van der Waals surface area (Å²) in [7, 11) is 0. The Morgan fingerprint density at radius 1 is 1.52 bits per heavy atom. The van der Waals surface area contributed by atoms with Crippen molar-refractivity contribution < 1.29 is 19.1 Å². The maximum absolute atomic E-state index is 12.3. The average molecular weight is 289 g/mol. The van der Waals surface area contributed by atoms with Gasteiger partial charge in [-0.1, -0.05) is 12.2 Å². The molecule has 1 heterocycles. The molecule has 1 aliphatic heterocycles. The second kappa shape index (κ2) is 5.99. The van der Waals surface area contributed by atoms with E-state index in [1.165, 1.54) is 0 Å². The molecular weight excluding hydrogens is 270 g/mol. The number of benzene rings is 1. The first kappa shape index (κ1) is 15.1. The average Bonchev–Trinajstić information content (AvgIpc) is 2.44. The third kappa shape index (κ3) is 2.91. The molecule has 0 spiro atoms. The molecule has 0 fully saturated rings. The van der Waals surface area contributed by atoms with Crippen molar-refractivity contribution in [3.8, 4) is 11.5 Å². The Morgan fingerprint density at radius 3 is 2.81 bits per heavy atom. The van der Waals surface area contributed by atoms with E-state index in [-0.39, 0.29) is 5.91 Å². The van der Waals surface area contributed by atoms with Gasteiger partial charge < -0.3 is 14.4 Å². The summed E-state index contributed by atoms with van der Waals surface area (Å²) in [5.41, 5.74) is 1.84. The predicted molar refractivity (Wildman–Crippen MR) is 80.3 cm³/mol. The Morgan fingerprint density at radius 2 is 2.24 bits per heavy atom. The Hall–Kier alpha value is -2.30. The molecule has 1 aromatic rings. The van der Waals surface area contributed by atoms with Crippen molar-refractivity contribution in [3.63, 3.8) is 0 Å². The molecule has 0 saturated carbocycles. The molecule has 112 valence electrons. The van der Waals surface area contributed by atoms with Crippen LogP contribution in [0.15, 0.2) is 24.3 Å². The van der Waals surface area contributed by atoms with E-state index in [1.54, 1.807) is 24.0 Å². The van der Waals surface area contributed by atoms with Gasteiger partial charge in [0.15, 0.2) is 17.6 Å². The van der Waals surface area contributed by atoms with Crippen LogP contribution < -0.4 is 14.4 Å². The zero-order valence-corrected chi connectivity index (χ0v) is 12.5. The molecule has 0 aliphatic carbocycles. The largest absolute Gasteiger partial charge is 0.490 e. The molecule has 1 amide bonds. The number of ether oxygens (including phenoxy) is 2. The van der Waals surface area contributed by atoms with Crippen LogP contribution >= 0.6 is 0 Å². The van der Waals surface area contributed by atoms with Gasteiger partial charge in [0.2, 0.25) is 0 Å². The Balaban J connectivity index is 2.59. The van der Waals surface area contributed by atoms with Crippen molar-refractivity contribution in [3.05, 3.63) is 29.8 Å². The van der Waals surface area contributed by atoms with Crippen molar-refractivity contribution in [1.82, 2.24) is 0 Å². The van der Waals surface area contributed by atoms with Crippen LogP contribution in [-0.4, -0.2) is 31.4 Å². The summed E-state index contributed by atoms with van der Waals surface area (Å²) in [5.74, 6) is 0.815. The van der Waals surface area contributed by atoms with Gasteiger partial charge in [-0.25, -0.2) is 0 Å². The highest BCUT2D eigenvalue weighted by Gasteiger charge is 2.34. The van der Waals surface area contributed by atoms with E-state index in [4.69, 9.17) is 9.47 Å². The number of carbonyl (C=O) groups excluding carboxylic acids is 2. The second-order valence-corrected chi connectivity index (χ2v) is 5.06. The number of aldehydes is 1. The molecule has 21 heavy (non-hydrogen) atoms. The first-order chi connectivity index (χ1) is 9.97. The summed E-state index contributed by atoms with van der Waals surface area (Å²) in [4.78, 5) is 25.0. The molecule has 0 N–H and O–H groups in total. The van der Waals surface area contributed by atoms with Gasteiger partial charge in [-0.2, -0.15) is 0 Å². The van der Waals surface area contributed by atoms with Crippen LogP contribution in [0, 0.1) is 0 Å². The van der Waals surface area contributed by atoms with Crippen molar-refractivity contribution in [2.75, 3.05) is 18.1 Å². The van der Waals surface area contributed by atoms with E-state index in [9.17, 15) is 9.59 Å². The SMILES string of the molecule is C=C(C)CN1C(=O)C(C)Oc2c(OCC)cc(C=O)cc21. The molecule has 2 rings (SSSR count). The maximum Gasteiger partial charge on any atom is 0.268 e. The molecule has 0 saturated heterocycles. The van der Waals surface area contributed by atoms with E-state index in [1.807, 2.05) is 13.8 Å². The van der Waals surface area contributed by atoms with Gasteiger partial charge in [0.05, 0.1) is 12.3 Å². The van der Waals surface area contributed by atoms with Gasteiger partial charge in [-0.05, 0) is 32.9 Å². The van der Waals surface area contributed by atoms with Crippen molar-refractivity contribution in [1.29, 1.82) is 0 Å². The minimum Gasteiger partial charge on any atom is -0.490 e. The second-order valence-electron chi connectivity index (χ2n) is 5.06. The number of anilines is 1. The van der Waals surface area contributed by atoms with Crippen LogP contribution in [0.3, 0.4) is 0 Å². The first-order valence-electron chi connectivity index (χ1n) is 6.86. The number of hydrogen-bond acceptors (Lipinski definition) is 4. The Bertz CT molecular complexity index is 594. The number of nitrogens with zero attached hydrogens (tertiary/aromatic N) is 1. The Kier molecular flexibility index (Phi) is 4.31.